The van der Waals surface area contributed by atoms with Gasteiger partial charge in [0.25, 0.3) is 7.37 Å². The second kappa shape index (κ2) is 11.4. The number of benzene rings is 4. The van der Waals surface area contributed by atoms with Crippen molar-refractivity contribution in [2.24, 2.45) is 0 Å². The molecule has 3 atom stereocenters. The lowest BCUT2D eigenvalue weighted by Crippen LogP contribution is -2.38. The molecule has 0 aliphatic heterocycles. The first-order valence-corrected chi connectivity index (χ1v) is 15.0. The van der Waals surface area contributed by atoms with Crippen LogP contribution in [0, 0.1) is 6.92 Å². The highest BCUT2D eigenvalue weighted by atomic mass is 32.2. The van der Waals surface area contributed by atoms with Gasteiger partial charge in [0.1, 0.15) is 11.9 Å². The number of rotatable bonds is 10. The van der Waals surface area contributed by atoms with E-state index in [2.05, 4.69) is 4.72 Å². The number of hydrogen-bond acceptors (Lipinski definition) is 5. The lowest BCUT2D eigenvalue weighted by molar-refractivity contribution is 0.183. The molecule has 0 saturated carbocycles. The molecule has 8 heteroatoms. The summed E-state index contributed by atoms with van der Waals surface area (Å²) in [5.41, 5.74) is 1.64. The molecule has 0 aliphatic carbocycles. The Balaban J connectivity index is 1.79. The van der Waals surface area contributed by atoms with Gasteiger partial charge in [-0.25, -0.2) is 13.1 Å². The minimum Gasteiger partial charge on any atom is -0.496 e. The molecular weight excluding hydrogens is 505 g/mol. The Bertz CT molecular complexity index is 1480. The SMILES string of the molecule is COc1ccccc1[P@](=O)(O[C@H](c1ccccc1)[C@H](C)NS(=O)(=O)c1ccc(C)cc1)c1ccccc1. The van der Waals surface area contributed by atoms with Gasteiger partial charge in [-0.3, -0.25) is 4.57 Å². The molecular formula is C29H30NO5PS. The predicted molar refractivity (Wildman–Crippen MR) is 148 cm³/mol. The topological polar surface area (TPSA) is 81.7 Å². The summed E-state index contributed by atoms with van der Waals surface area (Å²) in [6, 6.07) is 31.0. The number of methoxy groups -OCH3 is 1. The van der Waals surface area contributed by atoms with Gasteiger partial charge in [-0.15, -0.1) is 0 Å². The molecule has 0 saturated heterocycles. The Hall–Kier alpha value is -3.22. The van der Waals surface area contributed by atoms with Crippen LogP contribution in [0.4, 0.5) is 0 Å². The van der Waals surface area contributed by atoms with Crippen LogP contribution in [0.25, 0.3) is 0 Å². The average Bonchev–Trinajstić information content (AvgIpc) is 2.92. The second-order valence-electron chi connectivity index (χ2n) is 8.72. The van der Waals surface area contributed by atoms with Gasteiger partial charge in [-0.2, -0.15) is 0 Å². The number of ether oxygens (including phenoxy) is 1. The van der Waals surface area contributed by atoms with E-state index in [1.165, 1.54) is 7.11 Å². The van der Waals surface area contributed by atoms with Crippen molar-refractivity contribution in [3.8, 4) is 5.75 Å². The summed E-state index contributed by atoms with van der Waals surface area (Å²) in [6.45, 7) is 3.60. The van der Waals surface area contributed by atoms with Crippen molar-refractivity contribution in [3.05, 3.63) is 120 Å². The van der Waals surface area contributed by atoms with Gasteiger partial charge in [0.05, 0.1) is 23.4 Å². The zero-order valence-corrected chi connectivity index (χ0v) is 22.7. The molecule has 37 heavy (non-hydrogen) atoms. The molecule has 0 fully saturated rings. The van der Waals surface area contributed by atoms with E-state index in [0.717, 1.165) is 5.56 Å². The van der Waals surface area contributed by atoms with E-state index in [1.807, 2.05) is 43.3 Å². The highest BCUT2D eigenvalue weighted by Gasteiger charge is 2.38. The summed E-state index contributed by atoms with van der Waals surface area (Å²) in [6.07, 6.45) is -0.877. The van der Waals surface area contributed by atoms with Crippen molar-refractivity contribution in [1.29, 1.82) is 0 Å². The Morgan fingerprint density at radius 1 is 0.784 bits per heavy atom. The predicted octanol–water partition coefficient (Wildman–Crippen LogP) is 5.36. The van der Waals surface area contributed by atoms with Crippen LogP contribution in [0.5, 0.6) is 5.75 Å². The van der Waals surface area contributed by atoms with Crippen LogP contribution in [0.15, 0.2) is 114 Å². The third-order valence-electron chi connectivity index (χ3n) is 6.01. The fourth-order valence-corrected chi connectivity index (χ4v) is 7.77. The molecule has 0 radical (unpaired) electrons. The average molecular weight is 536 g/mol. The first-order chi connectivity index (χ1) is 17.7. The van der Waals surface area contributed by atoms with Gasteiger partial charge < -0.3 is 9.26 Å². The maximum atomic E-state index is 14.9. The summed E-state index contributed by atoms with van der Waals surface area (Å²) < 4.78 is 56.2. The molecule has 4 aromatic carbocycles. The Morgan fingerprint density at radius 3 is 1.97 bits per heavy atom. The van der Waals surface area contributed by atoms with Crippen LogP contribution in [-0.4, -0.2) is 21.6 Å². The quantitative estimate of drug-likeness (QED) is 0.277. The molecule has 0 aliphatic rings. The summed E-state index contributed by atoms with van der Waals surface area (Å²) >= 11 is 0. The van der Waals surface area contributed by atoms with Crippen molar-refractivity contribution in [3.63, 3.8) is 0 Å². The second-order valence-corrected chi connectivity index (χ2v) is 12.7. The van der Waals surface area contributed by atoms with Gasteiger partial charge in [0.2, 0.25) is 10.0 Å². The number of nitrogens with one attached hydrogen (secondary N) is 1. The fourth-order valence-electron chi connectivity index (χ4n) is 4.09. The zero-order valence-electron chi connectivity index (χ0n) is 20.9. The van der Waals surface area contributed by atoms with Crippen molar-refractivity contribution in [1.82, 2.24) is 4.72 Å². The first kappa shape index (κ1) is 26.8. The molecule has 0 amide bonds. The van der Waals surface area contributed by atoms with Crippen LogP contribution >= 0.6 is 7.37 Å². The molecule has 4 rings (SSSR count). The smallest absolute Gasteiger partial charge is 0.265 e. The third-order valence-corrected chi connectivity index (χ3v) is 10.1. The maximum Gasteiger partial charge on any atom is 0.265 e. The highest BCUT2D eigenvalue weighted by molar-refractivity contribution is 7.89. The number of hydrogen-bond donors (Lipinski definition) is 1. The number of para-hydroxylation sites is 1. The Labute approximate surface area is 218 Å². The number of sulfonamides is 1. The number of aryl methyl sites for hydroxylation is 1. The van der Waals surface area contributed by atoms with E-state index in [-0.39, 0.29) is 4.90 Å². The third kappa shape index (κ3) is 6.03. The minimum absolute atomic E-state index is 0.146. The van der Waals surface area contributed by atoms with Crippen molar-refractivity contribution < 1.29 is 22.2 Å². The summed E-state index contributed by atoms with van der Waals surface area (Å²) in [5.74, 6) is 0.425. The van der Waals surface area contributed by atoms with E-state index in [4.69, 9.17) is 9.26 Å². The molecule has 6 nitrogen and oxygen atoms in total. The van der Waals surface area contributed by atoms with E-state index < -0.39 is 29.5 Å². The standard InChI is InChI=1S/C29H30NO5PS/c1-22-18-20-26(21-19-22)37(32,33)30-23(2)29(24-12-6-4-7-13-24)35-36(31,25-14-8-5-9-15-25)28-17-11-10-16-27(28)34-3/h4-21,23,29-30H,1-3H3/t23-,29-,36+/m0/s1. The van der Waals surface area contributed by atoms with Gasteiger partial charge in [-0.05, 0) is 55.8 Å². The molecule has 0 aromatic heterocycles. The van der Waals surface area contributed by atoms with E-state index in [0.29, 0.717) is 21.9 Å². The largest absolute Gasteiger partial charge is 0.496 e. The lowest BCUT2D eigenvalue weighted by Gasteiger charge is -2.31. The molecule has 4 aromatic rings. The fraction of sp³-hybridized carbons (Fsp3) is 0.172. The van der Waals surface area contributed by atoms with E-state index in [9.17, 15) is 13.0 Å². The van der Waals surface area contributed by atoms with Crippen LogP contribution in [0.2, 0.25) is 0 Å². The molecule has 0 bridgehead atoms. The molecule has 0 spiro atoms. The van der Waals surface area contributed by atoms with Crippen molar-refractivity contribution in [2.45, 2.75) is 30.9 Å². The van der Waals surface area contributed by atoms with Crippen LogP contribution in [0.1, 0.15) is 24.2 Å². The maximum absolute atomic E-state index is 14.9. The molecule has 192 valence electrons. The lowest BCUT2D eigenvalue weighted by atomic mass is 10.0. The van der Waals surface area contributed by atoms with Gasteiger partial charge in [0.15, 0.2) is 0 Å². The summed E-state index contributed by atoms with van der Waals surface area (Å²) in [4.78, 5) is 0.146. The normalized spacial score (nSPS) is 14.9. The van der Waals surface area contributed by atoms with Crippen LogP contribution in [-0.2, 0) is 19.1 Å². The molecule has 0 unspecified atom stereocenters. The first-order valence-electron chi connectivity index (χ1n) is 11.9. The van der Waals surface area contributed by atoms with Crippen LogP contribution < -0.4 is 20.1 Å². The van der Waals surface area contributed by atoms with Crippen LogP contribution in [0.3, 0.4) is 0 Å². The van der Waals surface area contributed by atoms with Gasteiger partial charge >= 0.3 is 0 Å². The van der Waals surface area contributed by atoms with Gasteiger partial charge in [0, 0.05) is 5.30 Å². The summed E-state index contributed by atoms with van der Waals surface area (Å²) in [7, 11) is -6.11. The van der Waals surface area contributed by atoms with Gasteiger partial charge in [-0.1, -0.05) is 78.4 Å². The Morgan fingerprint density at radius 2 is 1.35 bits per heavy atom. The minimum atomic E-state index is -3.87. The Kier molecular flexibility index (Phi) is 8.30. The molecule has 1 N–H and O–H groups in total. The zero-order chi connectivity index (χ0) is 26.5. The van der Waals surface area contributed by atoms with Crippen molar-refractivity contribution in [2.75, 3.05) is 7.11 Å². The highest BCUT2D eigenvalue weighted by Crippen LogP contribution is 2.51. The monoisotopic (exact) mass is 535 g/mol. The van der Waals surface area contributed by atoms with Crippen molar-refractivity contribution >= 4 is 28.0 Å². The van der Waals surface area contributed by atoms with E-state index in [1.54, 1.807) is 79.7 Å². The summed E-state index contributed by atoms with van der Waals surface area (Å²) in [5, 5.41) is 0.882. The van der Waals surface area contributed by atoms with E-state index >= 15 is 0 Å². The molecule has 0 heterocycles.